The highest BCUT2D eigenvalue weighted by Gasteiger charge is 2.21. The van der Waals surface area contributed by atoms with Crippen LogP contribution < -0.4 is 19.5 Å². The Morgan fingerprint density at radius 2 is 1.79 bits per heavy atom. The standard InChI is InChI=1S/C20H21F2NO6/c1-4-27-16-10-9-13(11-17(16)26-3)19(25)28-12(2)18(24)23-14-7-5-6-8-15(14)29-20(21)22/h5-12,20H,4H2,1-3H3,(H,23,24)/t12-/m0/s1. The van der Waals surface area contributed by atoms with Gasteiger partial charge in [-0.15, -0.1) is 0 Å². The fraction of sp³-hybridized carbons (Fsp3) is 0.300. The zero-order valence-electron chi connectivity index (χ0n) is 16.1. The van der Waals surface area contributed by atoms with Gasteiger partial charge in [0, 0.05) is 0 Å². The largest absolute Gasteiger partial charge is 0.493 e. The second kappa shape index (κ2) is 10.3. The van der Waals surface area contributed by atoms with Crippen LogP contribution in [0.15, 0.2) is 42.5 Å². The summed E-state index contributed by atoms with van der Waals surface area (Å²) in [6.07, 6.45) is -1.19. The predicted molar refractivity (Wildman–Crippen MR) is 101 cm³/mol. The van der Waals surface area contributed by atoms with Crippen molar-refractivity contribution in [1.82, 2.24) is 0 Å². The summed E-state index contributed by atoms with van der Waals surface area (Å²) < 4.78 is 45.0. The molecule has 0 saturated heterocycles. The lowest BCUT2D eigenvalue weighted by molar-refractivity contribution is -0.123. The number of carbonyl (C=O) groups is 2. The normalized spacial score (nSPS) is 11.5. The van der Waals surface area contributed by atoms with Gasteiger partial charge in [0.1, 0.15) is 5.75 Å². The Kier molecular flexibility index (Phi) is 7.76. The monoisotopic (exact) mass is 409 g/mol. The molecule has 0 aliphatic heterocycles. The lowest BCUT2D eigenvalue weighted by Gasteiger charge is -2.16. The van der Waals surface area contributed by atoms with Crippen LogP contribution in [0.3, 0.4) is 0 Å². The van der Waals surface area contributed by atoms with E-state index in [0.717, 1.165) is 0 Å². The summed E-state index contributed by atoms with van der Waals surface area (Å²) in [5.41, 5.74) is 0.190. The van der Waals surface area contributed by atoms with Crippen LogP contribution >= 0.6 is 0 Å². The highest BCUT2D eigenvalue weighted by atomic mass is 19.3. The molecule has 0 aliphatic carbocycles. The molecular formula is C20H21F2NO6. The Morgan fingerprint density at radius 1 is 1.07 bits per heavy atom. The Morgan fingerprint density at radius 3 is 2.45 bits per heavy atom. The first-order valence-electron chi connectivity index (χ1n) is 8.72. The Balaban J connectivity index is 2.05. The molecule has 29 heavy (non-hydrogen) atoms. The molecule has 0 bridgehead atoms. The summed E-state index contributed by atoms with van der Waals surface area (Å²) in [5, 5.41) is 2.40. The topological polar surface area (TPSA) is 83.1 Å². The van der Waals surface area contributed by atoms with Crippen LogP contribution in [0, 0.1) is 0 Å². The Bertz CT molecular complexity index is 859. The van der Waals surface area contributed by atoms with Crippen LogP contribution in [-0.2, 0) is 9.53 Å². The maximum Gasteiger partial charge on any atom is 0.387 e. The van der Waals surface area contributed by atoms with Crippen LogP contribution in [0.2, 0.25) is 0 Å². The molecule has 0 aliphatic rings. The third kappa shape index (κ3) is 6.06. The average molecular weight is 409 g/mol. The van der Waals surface area contributed by atoms with Gasteiger partial charge in [0.2, 0.25) is 0 Å². The van der Waals surface area contributed by atoms with Gasteiger partial charge < -0.3 is 24.3 Å². The quantitative estimate of drug-likeness (QED) is 0.633. The van der Waals surface area contributed by atoms with E-state index >= 15 is 0 Å². The van der Waals surface area contributed by atoms with Crippen LogP contribution in [0.1, 0.15) is 24.2 Å². The molecular weight excluding hydrogens is 388 g/mol. The molecule has 0 fully saturated rings. The molecule has 1 amide bonds. The number of esters is 1. The number of hydrogen-bond acceptors (Lipinski definition) is 6. The smallest absolute Gasteiger partial charge is 0.387 e. The van der Waals surface area contributed by atoms with Gasteiger partial charge in [-0.25, -0.2) is 4.79 Å². The number of alkyl halides is 2. The van der Waals surface area contributed by atoms with Gasteiger partial charge in [-0.3, -0.25) is 4.79 Å². The van der Waals surface area contributed by atoms with Gasteiger partial charge >= 0.3 is 12.6 Å². The molecule has 2 aromatic rings. The van der Waals surface area contributed by atoms with Crippen LogP contribution in [-0.4, -0.2) is 38.3 Å². The summed E-state index contributed by atoms with van der Waals surface area (Å²) in [6.45, 7) is 0.550. The summed E-state index contributed by atoms with van der Waals surface area (Å²) in [4.78, 5) is 24.6. The number of benzene rings is 2. The first-order valence-corrected chi connectivity index (χ1v) is 8.72. The van der Waals surface area contributed by atoms with Gasteiger partial charge in [0.25, 0.3) is 5.91 Å². The molecule has 156 valence electrons. The Labute approximate surface area is 166 Å². The van der Waals surface area contributed by atoms with Crippen molar-refractivity contribution in [2.75, 3.05) is 19.0 Å². The minimum absolute atomic E-state index is 0.0310. The number of amides is 1. The van der Waals surface area contributed by atoms with E-state index < -0.39 is 24.6 Å². The SMILES string of the molecule is CCOc1ccc(C(=O)O[C@@H](C)C(=O)Nc2ccccc2OC(F)F)cc1OC. The molecule has 0 radical (unpaired) electrons. The van der Waals surface area contributed by atoms with E-state index in [9.17, 15) is 18.4 Å². The molecule has 1 N–H and O–H groups in total. The average Bonchev–Trinajstić information content (AvgIpc) is 2.69. The maximum absolute atomic E-state index is 12.5. The minimum atomic E-state index is -3.04. The second-order valence-electron chi connectivity index (χ2n) is 5.71. The van der Waals surface area contributed by atoms with Crippen LogP contribution in [0.25, 0.3) is 0 Å². The zero-order chi connectivity index (χ0) is 21.4. The van der Waals surface area contributed by atoms with Gasteiger partial charge in [-0.05, 0) is 44.2 Å². The number of hydrogen-bond donors (Lipinski definition) is 1. The highest BCUT2D eigenvalue weighted by molar-refractivity contribution is 5.98. The molecule has 2 rings (SSSR count). The zero-order valence-corrected chi connectivity index (χ0v) is 16.1. The fourth-order valence-corrected chi connectivity index (χ4v) is 2.35. The van der Waals surface area contributed by atoms with Crippen molar-refractivity contribution in [2.24, 2.45) is 0 Å². The maximum atomic E-state index is 12.5. The van der Waals surface area contributed by atoms with Crippen molar-refractivity contribution in [3.05, 3.63) is 48.0 Å². The molecule has 1 atom stereocenters. The van der Waals surface area contributed by atoms with Crippen molar-refractivity contribution in [3.63, 3.8) is 0 Å². The van der Waals surface area contributed by atoms with Crippen molar-refractivity contribution in [2.45, 2.75) is 26.6 Å². The predicted octanol–water partition coefficient (Wildman–Crippen LogP) is 3.88. The number of halogens is 2. The molecule has 9 heteroatoms. The summed E-state index contributed by atoms with van der Waals surface area (Å²) in [7, 11) is 1.43. The highest BCUT2D eigenvalue weighted by Crippen LogP contribution is 2.29. The molecule has 0 saturated carbocycles. The van der Waals surface area contributed by atoms with Crippen molar-refractivity contribution >= 4 is 17.6 Å². The molecule has 0 heterocycles. The van der Waals surface area contributed by atoms with Gasteiger partial charge in [-0.1, -0.05) is 12.1 Å². The van der Waals surface area contributed by atoms with E-state index in [1.807, 2.05) is 6.92 Å². The number of carbonyl (C=O) groups excluding carboxylic acids is 2. The van der Waals surface area contributed by atoms with E-state index in [1.54, 1.807) is 6.07 Å². The number of ether oxygens (including phenoxy) is 4. The van der Waals surface area contributed by atoms with E-state index in [-0.39, 0.29) is 17.0 Å². The third-order valence-electron chi connectivity index (χ3n) is 3.71. The fourth-order valence-electron chi connectivity index (χ4n) is 2.35. The number of nitrogens with one attached hydrogen (secondary N) is 1. The summed E-state index contributed by atoms with van der Waals surface area (Å²) >= 11 is 0. The van der Waals surface area contributed by atoms with E-state index in [1.165, 1.54) is 50.4 Å². The lowest BCUT2D eigenvalue weighted by Crippen LogP contribution is -2.30. The van der Waals surface area contributed by atoms with Gasteiger partial charge in [0.05, 0.1) is 25.0 Å². The first-order chi connectivity index (χ1) is 13.8. The van der Waals surface area contributed by atoms with E-state index in [4.69, 9.17) is 14.2 Å². The molecule has 0 spiro atoms. The number of methoxy groups -OCH3 is 1. The number of anilines is 1. The van der Waals surface area contributed by atoms with Crippen molar-refractivity contribution < 1.29 is 37.3 Å². The summed E-state index contributed by atoms with van der Waals surface area (Å²) in [5.74, 6) is -0.859. The Hall–Kier alpha value is -3.36. The first kappa shape index (κ1) is 21.9. The van der Waals surface area contributed by atoms with E-state index in [0.29, 0.717) is 18.1 Å². The second-order valence-corrected chi connectivity index (χ2v) is 5.71. The molecule has 2 aromatic carbocycles. The minimum Gasteiger partial charge on any atom is -0.493 e. The third-order valence-corrected chi connectivity index (χ3v) is 3.71. The van der Waals surface area contributed by atoms with E-state index in [2.05, 4.69) is 10.1 Å². The summed E-state index contributed by atoms with van der Waals surface area (Å²) in [6, 6.07) is 10.2. The van der Waals surface area contributed by atoms with Crippen LogP contribution in [0.4, 0.5) is 14.5 Å². The number of para-hydroxylation sites is 2. The van der Waals surface area contributed by atoms with Crippen LogP contribution in [0.5, 0.6) is 17.2 Å². The molecule has 0 aromatic heterocycles. The molecule has 7 nitrogen and oxygen atoms in total. The lowest BCUT2D eigenvalue weighted by atomic mass is 10.2. The van der Waals surface area contributed by atoms with Crippen molar-refractivity contribution in [3.8, 4) is 17.2 Å². The van der Waals surface area contributed by atoms with Gasteiger partial charge in [-0.2, -0.15) is 8.78 Å². The molecule has 0 unspecified atom stereocenters. The number of rotatable bonds is 9. The van der Waals surface area contributed by atoms with Crippen molar-refractivity contribution in [1.29, 1.82) is 0 Å². The van der Waals surface area contributed by atoms with Gasteiger partial charge in [0.15, 0.2) is 17.6 Å².